The van der Waals surface area contributed by atoms with Gasteiger partial charge in [-0.05, 0) is 23.8 Å². The zero-order chi connectivity index (χ0) is 16.2. The zero-order valence-electron chi connectivity index (χ0n) is 12.3. The summed E-state index contributed by atoms with van der Waals surface area (Å²) in [6.45, 7) is -0.322. The van der Waals surface area contributed by atoms with Gasteiger partial charge < -0.3 is 25.0 Å². The lowest BCUT2D eigenvalue weighted by molar-refractivity contribution is 0.0564. The van der Waals surface area contributed by atoms with Crippen molar-refractivity contribution in [3.63, 3.8) is 0 Å². The molecule has 1 aliphatic heterocycles. The minimum absolute atomic E-state index is 0.135. The Balaban J connectivity index is 1.81. The van der Waals surface area contributed by atoms with Gasteiger partial charge in [0.15, 0.2) is 11.5 Å². The molecule has 6 heteroatoms. The number of hydrogen-bond acceptors (Lipinski definition) is 5. The highest BCUT2D eigenvalue weighted by atomic mass is 16.7. The molecule has 0 bridgehead atoms. The number of ether oxygens (including phenoxy) is 2. The Morgan fingerprint density at radius 3 is 2.61 bits per heavy atom. The summed E-state index contributed by atoms with van der Waals surface area (Å²) >= 11 is 0. The van der Waals surface area contributed by atoms with Crippen molar-refractivity contribution in [3.8, 4) is 11.5 Å². The van der Waals surface area contributed by atoms with Crippen LogP contribution in [0.15, 0.2) is 48.5 Å². The lowest BCUT2D eigenvalue weighted by atomic mass is 10.0. The monoisotopic (exact) mass is 315 g/mol. The molecule has 0 saturated carbocycles. The highest BCUT2D eigenvalue weighted by Gasteiger charge is 2.24. The van der Waals surface area contributed by atoms with Crippen molar-refractivity contribution in [1.82, 2.24) is 5.32 Å². The maximum Gasteiger partial charge on any atom is 0.251 e. The van der Waals surface area contributed by atoms with Crippen LogP contribution in [0.25, 0.3) is 0 Å². The second-order valence-corrected chi connectivity index (χ2v) is 5.18. The van der Waals surface area contributed by atoms with Crippen LogP contribution in [0.4, 0.5) is 0 Å². The molecule has 23 heavy (non-hydrogen) atoms. The molecule has 0 aromatic heterocycles. The van der Waals surface area contributed by atoms with E-state index in [9.17, 15) is 15.0 Å². The van der Waals surface area contributed by atoms with Crippen LogP contribution in [0.3, 0.4) is 0 Å². The van der Waals surface area contributed by atoms with E-state index >= 15 is 0 Å². The van der Waals surface area contributed by atoms with E-state index in [4.69, 9.17) is 9.47 Å². The number of aliphatic hydroxyl groups is 2. The molecule has 0 fully saturated rings. The van der Waals surface area contributed by atoms with Crippen molar-refractivity contribution in [2.24, 2.45) is 0 Å². The molecular weight excluding hydrogens is 298 g/mol. The summed E-state index contributed by atoms with van der Waals surface area (Å²) in [5, 5.41) is 22.0. The number of carbonyl (C=O) groups is 1. The standard InChI is InChI=1S/C17H17NO5/c19-9-13(20)16(11-4-2-1-3-5-11)18-17(21)12-6-7-14-15(8-12)23-10-22-14/h1-8,13,16,19-20H,9-10H2,(H,18,21). The Morgan fingerprint density at radius 1 is 1.13 bits per heavy atom. The molecule has 2 unspecified atom stereocenters. The van der Waals surface area contributed by atoms with Gasteiger partial charge in [-0.25, -0.2) is 0 Å². The van der Waals surface area contributed by atoms with Gasteiger partial charge in [0, 0.05) is 5.56 Å². The normalized spacial score (nSPS) is 15.0. The van der Waals surface area contributed by atoms with Crippen molar-refractivity contribution < 1.29 is 24.5 Å². The molecule has 1 amide bonds. The molecule has 3 N–H and O–H groups in total. The summed E-state index contributed by atoms with van der Waals surface area (Å²) < 4.78 is 10.5. The van der Waals surface area contributed by atoms with E-state index in [0.29, 0.717) is 22.6 Å². The van der Waals surface area contributed by atoms with Gasteiger partial charge in [-0.3, -0.25) is 4.79 Å². The average Bonchev–Trinajstić information content (AvgIpc) is 3.07. The molecule has 2 aromatic carbocycles. The summed E-state index contributed by atoms with van der Waals surface area (Å²) in [6.07, 6.45) is -1.10. The first-order chi connectivity index (χ1) is 11.2. The van der Waals surface area contributed by atoms with Crippen molar-refractivity contribution in [2.75, 3.05) is 13.4 Å². The second-order valence-electron chi connectivity index (χ2n) is 5.18. The van der Waals surface area contributed by atoms with Crippen LogP contribution in [0, 0.1) is 0 Å². The number of aliphatic hydroxyl groups excluding tert-OH is 2. The maximum absolute atomic E-state index is 12.4. The van der Waals surface area contributed by atoms with E-state index < -0.39 is 18.8 Å². The molecule has 1 heterocycles. The van der Waals surface area contributed by atoms with Crippen LogP contribution in [-0.4, -0.2) is 35.6 Å². The van der Waals surface area contributed by atoms with E-state index in [1.54, 1.807) is 42.5 Å². The topological polar surface area (TPSA) is 88.0 Å². The predicted molar refractivity (Wildman–Crippen MR) is 82.3 cm³/mol. The Morgan fingerprint density at radius 2 is 1.87 bits per heavy atom. The maximum atomic E-state index is 12.4. The van der Waals surface area contributed by atoms with Gasteiger partial charge in [0.1, 0.15) is 6.10 Å². The number of benzene rings is 2. The Labute approximate surface area is 133 Å². The number of hydrogen-bond donors (Lipinski definition) is 3. The third-order valence-electron chi connectivity index (χ3n) is 3.65. The van der Waals surface area contributed by atoms with Crippen molar-refractivity contribution in [1.29, 1.82) is 0 Å². The fourth-order valence-corrected chi connectivity index (χ4v) is 2.43. The smallest absolute Gasteiger partial charge is 0.251 e. The molecule has 0 radical (unpaired) electrons. The fourth-order valence-electron chi connectivity index (χ4n) is 2.43. The third kappa shape index (κ3) is 3.28. The number of amides is 1. The molecular formula is C17H17NO5. The molecule has 2 aromatic rings. The molecule has 0 saturated heterocycles. The van der Waals surface area contributed by atoms with Gasteiger partial charge in [-0.15, -0.1) is 0 Å². The number of rotatable bonds is 5. The van der Waals surface area contributed by atoms with Gasteiger partial charge in [0.05, 0.1) is 12.6 Å². The molecule has 120 valence electrons. The minimum atomic E-state index is -1.10. The fraction of sp³-hybridized carbons (Fsp3) is 0.235. The van der Waals surface area contributed by atoms with Crippen molar-refractivity contribution in [3.05, 3.63) is 59.7 Å². The first-order valence-corrected chi connectivity index (χ1v) is 7.23. The SMILES string of the molecule is O=C(NC(c1ccccc1)C(O)CO)c1ccc2c(c1)OCO2. The number of nitrogens with one attached hydrogen (secondary N) is 1. The van der Waals surface area contributed by atoms with Crippen LogP contribution in [0.5, 0.6) is 11.5 Å². The van der Waals surface area contributed by atoms with E-state index in [2.05, 4.69) is 5.32 Å². The predicted octanol–water partition coefficient (Wildman–Crippen LogP) is 1.24. The molecule has 3 rings (SSSR count). The van der Waals surface area contributed by atoms with Gasteiger partial charge in [-0.2, -0.15) is 0 Å². The molecule has 6 nitrogen and oxygen atoms in total. The lowest BCUT2D eigenvalue weighted by Gasteiger charge is -2.23. The molecule has 0 spiro atoms. The van der Waals surface area contributed by atoms with Crippen molar-refractivity contribution >= 4 is 5.91 Å². The highest BCUT2D eigenvalue weighted by molar-refractivity contribution is 5.95. The van der Waals surface area contributed by atoms with Gasteiger partial charge in [0.25, 0.3) is 5.91 Å². The van der Waals surface area contributed by atoms with Crippen LogP contribution in [0.1, 0.15) is 22.0 Å². The summed E-state index contributed by atoms with van der Waals surface area (Å²) in [7, 11) is 0. The van der Waals surface area contributed by atoms with Crippen LogP contribution < -0.4 is 14.8 Å². The van der Waals surface area contributed by atoms with Gasteiger partial charge in [-0.1, -0.05) is 30.3 Å². The molecule has 0 aliphatic carbocycles. The molecule has 2 atom stereocenters. The Hall–Kier alpha value is -2.57. The summed E-state index contributed by atoms with van der Waals surface area (Å²) in [6, 6.07) is 13.2. The molecule has 1 aliphatic rings. The number of carbonyl (C=O) groups excluding carboxylic acids is 1. The quantitative estimate of drug-likeness (QED) is 0.772. The summed E-state index contributed by atoms with van der Waals surface area (Å²) in [5.41, 5.74) is 1.10. The highest BCUT2D eigenvalue weighted by Crippen LogP contribution is 2.32. The Kier molecular flexibility index (Phi) is 4.45. The van der Waals surface area contributed by atoms with Crippen molar-refractivity contribution in [2.45, 2.75) is 12.1 Å². The first-order valence-electron chi connectivity index (χ1n) is 7.23. The third-order valence-corrected chi connectivity index (χ3v) is 3.65. The van der Waals surface area contributed by atoms with E-state index in [-0.39, 0.29) is 12.7 Å². The van der Waals surface area contributed by atoms with E-state index in [1.165, 1.54) is 0 Å². The van der Waals surface area contributed by atoms with Crippen LogP contribution in [0.2, 0.25) is 0 Å². The second kappa shape index (κ2) is 6.68. The minimum Gasteiger partial charge on any atom is -0.454 e. The first kappa shape index (κ1) is 15.3. The summed E-state index contributed by atoms with van der Waals surface area (Å²) in [5.74, 6) is 0.734. The number of fused-ring (bicyclic) bond motifs is 1. The van der Waals surface area contributed by atoms with Crippen LogP contribution >= 0.6 is 0 Å². The summed E-state index contributed by atoms with van der Waals surface area (Å²) in [4.78, 5) is 12.4. The largest absolute Gasteiger partial charge is 0.454 e. The van der Waals surface area contributed by atoms with E-state index in [0.717, 1.165) is 0 Å². The Bertz CT molecular complexity index is 689. The van der Waals surface area contributed by atoms with Gasteiger partial charge in [0.2, 0.25) is 6.79 Å². The van der Waals surface area contributed by atoms with E-state index in [1.807, 2.05) is 6.07 Å². The van der Waals surface area contributed by atoms with Crippen LogP contribution in [-0.2, 0) is 0 Å². The zero-order valence-corrected chi connectivity index (χ0v) is 12.3. The lowest BCUT2D eigenvalue weighted by Crippen LogP contribution is -2.38. The van der Waals surface area contributed by atoms with Gasteiger partial charge >= 0.3 is 0 Å². The average molecular weight is 315 g/mol.